The lowest BCUT2D eigenvalue weighted by Gasteiger charge is -2.33. The SMILES string of the molecule is COC(=O)C1CC2=C(C(=O)c3ccccc3C2=O)C(OC)O1. The number of methoxy groups -OCH3 is 2. The number of Topliss-reactive ketones (excluding diaryl/α,β-unsaturated/α-hetero) is 2. The fourth-order valence-corrected chi connectivity index (χ4v) is 2.79. The Bertz CT molecular complexity index is 702. The van der Waals surface area contributed by atoms with Crippen LogP contribution >= 0.6 is 0 Å². The highest BCUT2D eigenvalue weighted by Gasteiger charge is 2.43. The lowest BCUT2D eigenvalue weighted by Crippen LogP contribution is -2.42. The fraction of sp³-hybridized carbons (Fsp3) is 0.312. The minimum atomic E-state index is -1.06. The Morgan fingerprint density at radius 1 is 1.14 bits per heavy atom. The monoisotopic (exact) mass is 302 g/mol. The molecule has 0 amide bonds. The average Bonchev–Trinajstić information content (AvgIpc) is 2.57. The number of hydrogen-bond donors (Lipinski definition) is 0. The molecule has 0 radical (unpaired) electrons. The smallest absolute Gasteiger partial charge is 0.335 e. The zero-order valence-electron chi connectivity index (χ0n) is 12.1. The Balaban J connectivity index is 2.10. The van der Waals surface area contributed by atoms with Crippen LogP contribution in [-0.2, 0) is 19.0 Å². The van der Waals surface area contributed by atoms with Gasteiger partial charge in [0.2, 0.25) is 0 Å². The van der Waals surface area contributed by atoms with Crippen molar-refractivity contribution in [3.63, 3.8) is 0 Å². The van der Waals surface area contributed by atoms with E-state index < -0.39 is 18.4 Å². The Kier molecular flexibility index (Phi) is 3.64. The van der Waals surface area contributed by atoms with Crippen LogP contribution in [0, 0.1) is 0 Å². The first-order valence-electron chi connectivity index (χ1n) is 6.76. The normalized spacial score (nSPS) is 23.9. The molecule has 0 spiro atoms. The van der Waals surface area contributed by atoms with Gasteiger partial charge in [0.15, 0.2) is 24.0 Å². The van der Waals surface area contributed by atoms with Gasteiger partial charge in [-0.05, 0) is 0 Å². The maximum absolute atomic E-state index is 12.6. The number of carbonyl (C=O) groups excluding carboxylic acids is 3. The van der Waals surface area contributed by atoms with Crippen LogP contribution in [0.4, 0.5) is 0 Å². The van der Waals surface area contributed by atoms with Crippen LogP contribution in [0.25, 0.3) is 0 Å². The fourth-order valence-electron chi connectivity index (χ4n) is 2.79. The van der Waals surface area contributed by atoms with Crippen molar-refractivity contribution in [3.05, 3.63) is 46.5 Å². The predicted molar refractivity (Wildman–Crippen MR) is 74.4 cm³/mol. The first-order valence-corrected chi connectivity index (χ1v) is 6.76. The molecule has 6 nitrogen and oxygen atoms in total. The van der Waals surface area contributed by atoms with E-state index in [4.69, 9.17) is 9.47 Å². The van der Waals surface area contributed by atoms with Gasteiger partial charge in [-0.1, -0.05) is 24.3 Å². The summed E-state index contributed by atoms with van der Waals surface area (Å²) in [4.78, 5) is 37.0. The molecule has 1 aliphatic heterocycles. The summed E-state index contributed by atoms with van der Waals surface area (Å²) in [5.41, 5.74) is 1.10. The van der Waals surface area contributed by atoms with Gasteiger partial charge in [0.05, 0.1) is 12.7 Å². The molecule has 114 valence electrons. The second-order valence-electron chi connectivity index (χ2n) is 5.02. The van der Waals surface area contributed by atoms with E-state index >= 15 is 0 Å². The summed E-state index contributed by atoms with van der Waals surface area (Å²) in [6.07, 6.45) is -2.02. The maximum atomic E-state index is 12.6. The van der Waals surface area contributed by atoms with Gasteiger partial charge in [-0.3, -0.25) is 9.59 Å². The van der Waals surface area contributed by atoms with Gasteiger partial charge < -0.3 is 14.2 Å². The van der Waals surface area contributed by atoms with E-state index in [0.29, 0.717) is 11.1 Å². The van der Waals surface area contributed by atoms with E-state index in [1.807, 2.05) is 0 Å². The second kappa shape index (κ2) is 5.47. The topological polar surface area (TPSA) is 78.9 Å². The Morgan fingerprint density at radius 2 is 1.77 bits per heavy atom. The average molecular weight is 302 g/mol. The number of ether oxygens (including phenoxy) is 3. The van der Waals surface area contributed by atoms with Gasteiger partial charge in [-0.2, -0.15) is 0 Å². The van der Waals surface area contributed by atoms with E-state index in [-0.39, 0.29) is 29.1 Å². The van der Waals surface area contributed by atoms with Gasteiger partial charge in [0, 0.05) is 30.2 Å². The van der Waals surface area contributed by atoms with Crippen LogP contribution in [0.5, 0.6) is 0 Å². The molecule has 1 aromatic rings. The summed E-state index contributed by atoms with van der Waals surface area (Å²) < 4.78 is 15.3. The number of rotatable bonds is 2. The largest absolute Gasteiger partial charge is 0.467 e. The molecule has 0 bridgehead atoms. The van der Waals surface area contributed by atoms with Crippen LogP contribution in [0.2, 0.25) is 0 Å². The van der Waals surface area contributed by atoms with Crippen LogP contribution in [0.3, 0.4) is 0 Å². The number of fused-ring (bicyclic) bond motifs is 1. The Morgan fingerprint density at radius 3 is 2.36 bits per heavy atom. The lowest BCUT2D eigenvalue weighted by atomic mass is 9.80. The summed E-state index contributed by atoms with van der Waals surface area (Å²) in [5, 5.41) is 0. The van der Waals surface area contributed by atoms with Crippen LogP contribution in [0.1, 0.15) is 27.1 Å². The molecule has 0 saturated heterocycles. The van der Waals surface area contributed by atoms with E-state index in [0.717, 1.165) is 0 Å². The Hall–Kier alpha value is -2.31. The Labute approximate surface area is 126 Å². The molecule has 0 saturated carbocycles. The van der Waals surface area contributed by atoms with Crippen molar-refractivity contribution < 1.29 is 28.6 Å². The molecule has 0 N–H and O–H groups in total. The van der Waals surface area contributed by atoms with Gasteiger partial charge in [-0.25, -0.2) is 4.79 Å². The third-order valence-electron chi connectivity index (χ3n) is 3.85. The summed E-state index contributed by atoms with van der Waals surface area (Å²) in [6, 6.07) is 6.58. The maximum Gasteiger partial charge on any atom is 0.335 e. The standard InChI is InChI=1S/C16H14O6/c1-20-15(19)11-7-10-12(16(21-2)22-11)14(18)9-6-4-3-5-8(9)13(10)17/h3-6,11,16H,7H2,1-2H3. The molecule has 2 atom stereocenters. The van der Waals surface area contributed by atoms with Crippen LogP contribution in [-0.4, -0.2) is 44.1 Å². The van der Waals surface area contributed by atoms with Crippen molar-refractivity contribution in [2.75, 3.05) is 14.2 Å². The molecule has 3 rings (SSSR count). The number of esters is 1. The molecule has 6 heteroatoms. The zero-order valence-corrected chi connectivity index (χ0v) is 12.1. The third-order valence-corrected chi connectivity index (χ3v) is 3.85. The molecule has 2 unspecified atom stereocenters. The number of ketones is 2. The third kappa shape index (κ3) is 2.08. The molecule has 1 aliphatic carbocycles. The first kappa shape index (κ1) is 14.6. The molecule has 22 heavy (non-hydrogen) atoms. The molecular formula is C16H14O6. The van der Waals surface area contributed by atoms with Crippen molar-refractivity contribution in [3.8, 4) is 0 Å². The quantitative estimate of drug-likeness (QED) is 0.766. The minimum absolute atomic E-state index is 0.000768. The highest BCUT2D eigenvalue weighted by molar-refractivity contribution is 6.27. The van der Waals surface area contributed by atoms with Crippen molar-refractivity contribution in [2.45, 2.75) is 18.8 Å². The van der Waals surface area contributed by atoms with Gasteiger partial charge in [0.25, 0.3) is 0 Å². The van der Waals surface area contributed by atoms with Gasteiger partial charge >= 0.3 is 5.97 Å². The van der Waals surface area contributed by atoms with Crippen molar-refractivity contribution >= 4 is 17.5 Å². The molecule has 1 heterocycles. The van der Waals surface area contributed by atoms with Crippen molar-refractivity contribution in [1.82, 2.24) is 0 Å². The molecule has 0 aromatic heterocycles. The van der Waals surface area contributed by atoms with Gasteiger partial charge in [-0.15, -0.1) is 0 Å². The summed E-state index contributed by atoms with van der Waals surface area (Å²) in [6.45, 7) is 0. The van der Waals surface area contributed by atoms with Crippen LogP contribution in [0.15, 0.2) is 35.4 Å². The molecule has 0 fully saturated rings. The number of carbonyl (C=O) groups is 3. The summed E-state index contributed by atoms with van der Waals surface area (Å²) in [7, 11) is 2.59. The minimum Gasteiger partial charge on any atom is -0.467 e. The summed E-state index contributed by atoms with van der Waals surface area (Å²) in [5.74, 6) is -1.18. The van der Waals surface area contributed by atoms with Crippen molar-refractivity contribution in [2.24, 2.45) is 0 Å². The van der Waals surface area contributed by atoms with E-state index in [1.54, 1.807) is 24.3 Å². The highest BCUT2D eigenvalue weighted by Crippen LogP contribution is 2.36. The van der Waals surface area contributed by atoms with Crippen molar-refractivity contribution in [1.29, 1.82) is 0 Å². The molecule has 2 aliphatic rings. The summed E-state index contributed by atoms with van der Waals surface area (Å²) >= 11 is 0. The molecular weight excluding hydrogens is 288 g/mol. The predicted octanol–water partition coefficient (Wildman–Crippen LogP) is 1.30. The van der Waals surface area contributed by atoms with E-state index in [2.05, 4.69) is 4.74 Å². The van der Waals surface area contributed by atoms with E-state index in [9.17, 15) is 14.4 Å². The lowest BCUT2D eigenvalue weighted by molar-refractivity contribution is -0.178. The van der Waals surface area contributed by atoms with E-state index in [1.165, 1.54) is 14.2 Å². The zero-order chi connectivity index (χ0) is 15.9. The highest BCUT2D eigenvalue weighted by atomic mass is 16.7. The number of benzene rings is 1. The second-order valence-corrected chi connectivity index (χ2v) is 5.02. The van der Waals surface area contributed by atoms with Gasteiger partial charge in [0.1, 0.15) is 0 Å². The first-order chi connectivity index (χ1) is 10.6. The number of hydrogen-bond acceptors (Lipinski definition) is 6. The molecule has 1 aromatic carbocycles. The van der Waals surface area contributed by atoms with Crippen LogP contribution < -0.4 is 0 Å².